The summed E-state index contributed by atoms with van der Waals surface area (Å²) in [4.78, 5) is 15.3. The first kappa shape index (κ1) is 14.0. The molecule has 3 rings (SSSR count). The van der Waals surface area contributed by atoms with Crippen molar-refractivity contribution in [2.45, 2.75) is 17.7 Å². The van der Waals surface area contributed by atoms with Gasteiger partial charge in [0.15, 0.2) is 0 Å². The molecule has 0 unspecified atom stereocenters. The van der Waals surface area contributed by atoms with E-state index in [0.717, 1.165) is 30.0 Å². The zero-order chi connectivity index (χ0) is 14.7. The Morgan fingerprint density at radius 1 is 1.19 bits per heavy atom. The normalized spacial score (nSPS) is 13.8. The number of carbonyl (C=O) groups is 1. The molecular weight excluding hydrogens is 282 g/mol. The van der Waals surface area contributed by atoms with Gasteiger partial charge in [-0.05, 0) is 42.7 Å². The molecule has 4 heteroatoms. The monoisotopic (exact) mass is 299 g/mol. The van der Waals surface area contributed by atoms with Gasteiger partial charge >= 0.3 is 0 Å². The average Bonchev–Trinajstić information content (AvgIpc) is 2.52. The molecule has 0 aliphatic carbocycles. The molecule has 108 valence electrons. The van der Waals surface area contributed by atoms with Crippen LogP contribution in [0, 0.1) is 0 Å². The quantitative estimate of drug-likeness (QED) is 0.882. The van der Waals surface area contributed by atoms with Crippen LogP contribution in [-0.2, 0) is 11.2 Å². The van der Waals surface area contributed by atoms with Crippen molar-refractivity contribution in [1.29, 1.82) is 0 Å². The lowest BCUT2D eigenvalue weighted by Crippen LogP contribution is -2.36. The average molecular weight is 299 g/mol. The van der Waals surface area contributed by atoms with Gasteiger partial charge in [0.05, 0.1) is 5.75 Å². The van der Waals surface area contributed by atoms with Crippen LogP contribution in [0.4, 0.5) is 5.69 Å². The molecule has 1 aliphatic rings. The Morgan fingerprint density at radius 2 is 2.05 bits per heavy atom. The van der Waals surface area contributed by atoms with Gasteiger partial charge in [-0.3, -0.25) is 4.79 Å². The summed E-state index contributed by atoms with van der Waals surface area (Å²) in [5.74, 6) is 0.740. The van der Waals surface area contributed by atoms with Crippen molar-refractivity contribution in [3.05, 3.63) is 54.1 Å². The van der Waals surface area contributed by atoms with Gasteiger partial charge in [0, 0.05) is 17.1 Å². The molecule has 0 atom stereocenters. The highest BCUT2D eigenvalue weighted by atomic mass is 32.2. The number of hydrogen-bond acceptors (Lipinski definition) is 3. The van der Waals surface area contributed by atoms with Crippen molar-refractivity contribution in [1.82, 2.24) is 0 Å². The smallest absolute Gasteiger partial charge is 0.237 e. The van der Waals surface area contributed by atoms with Crippen LogP contribution in [0.1, 0.15) is 12.0 Å². The van der Waals surface area contributed by atoms with Crippen molar-refractivity contribution in [2.75, 3.05) is 17.2 Å². The number of nitrogens with zero attached hydrogens (tertiary/aromatic N) is 1. The molecule has 0 saturated heterocycles. The van der Waals surface area contributed by atoms with Gasteiger partial charge in [-0.1, -0.05) is 24.3 Å². The first-order valence-corrected chi connectivity index (χ1v) is 8.03. The predicted molar refractivity (Wildman–Crippen MR) is 85.9 cm³/mol. The van der Waals surface area contributed by atoms with E-state index in [9.17, 15) is 9.90 Å². The van der Waals surface area contributed by atoms with E-state index in [1.807, 2.05) is 29.2 Å². The third-order valence-electron chi connectivity index (χ3n) is 3.59. The van der Waals surface area contributed by atoms with E-state index in [1.165, 1.54) is 17.3 Å². The molecule has 0 bridgehead atoms. The Morgan fingerprint density at radius 3 is 2.90 bits per heavy atom. The molecular formula is C17H17NO2S. The number of para-hydroxylation sites is 1. The zero-order valence-corrected chi connectivity index (χ0v) is 12.5. The Kier molecular flexibility index (Phi) is 4.15. The summed E-state index contributed by atoms with van der Waals surface area (Å²) in [6, 6.07) is 15.1. The Labute approximate surface area is 128 Å². The second kappa shape index (κ2) is 6.22. The van der Waals surface area contributed by atoms with Crippen LogP contribution < -0.4 is 4.90 Å². The van der Waals surface area contributed by atoms with Crippen molar-refractivity contribution in [3.8, 4) is 5.75 Å². The second-order valence-electron chi connectivity index (χ2n) is 5.06. The summed E-state index contributed by atoms with van der Waals surface area (Å²) < 4.78 is 0. The van der Waals surface area contributed by atoms with Crippen molar-refractivity contribution < 1.29 is 9.90 Å². The SMILES string of the molecule is O=C(CSc1cccc(O)c1)N1CCCc2ccccc21. The highest BCUT2D eigenvalue weighted by Gasteiger charge is 2.21. The number of anilines is 1. The van der Waals surface area contributed by atoms with Gasteiger partial charge in [0.1, 0.15) is 5.75 Å². The van der Waals surface area contributed by atoms with Gasteiger partial charge < -0.3 is 10.0 Å². The molecule has 0 aromatic heterocycles. The first-order chi connectivity index (χ1) is 10.2. The largest absolute Gasteiger partial charge is 0.508 e. The van der Waals surface area contributed by atoms with Crippen LogP contribution in [0.3, 0.4) is 0 Å². The Balaban J connectivity index is 1.69. The predicted octanol–water partition coefficient (Wildman–Crippen LogP) is 3.46. The molecule has 0 fully saturated rings. The number of amides is 1. The number of carbonyl (C=O) groups excluding carboxylic acids is 1. The summed E-state index contributed by atoms with van der Waals surface area (Å²) >= 11 is 1.46. The summed E-state index contributed by atoms with van der Waals surface area (Å²) in [6.45, 7) is 0.788. The lowest BCUT2D eigenvalue weighted by molar-refractivity contribution is -0.116. The molecule has 1 amide bonds. The first-order valence-electron chi connectivity index (χ1n) is 7.04. The minimum atomic E-state index is 0.121. The number of aromatic hydroxyl groups is 1. The molecule has 21 heavy (non-hydrogen) atoms. The summed E-state index contributed by atoms with van der Waals surface area (Å²) in [5, 5.41) is 9.45. The molecule has 3 nitrogen and oxygen atoms in total. The third-order valence-corrected chi connectivity index (χ3v) is 4.57. The molecule has 0 saturated carbocycles. The van der Waals surface area contributed by atoms with Crippen LogP contribution >= 0.6 is 11.8 Å². The zero-order valence-electron chi connectivity index (χ0n) is 11.7. The van der Waals surface area contributed by atoms with Crippen LogP contribution in [0.25, 0.3) is 0 Å². The number of benzene rings is 2. The molecule has 0 spiro atoms. The van der Waals surface area contributed by atoms with E-state index in [-0.39, 0.29) is 11.7 Å². The standard InChI is InChI=1S/C17H17NO2S/c19-14-7-3-8-15(11-14)21-12-17(20)18-10-4-6-13-5-1-2-9-16(13)18/h1-3,5,7-9,11,19H,4,6,10,12H2. The number of aryl methyl sites for hydroxylation is 1. The van der Waals surface area contributed by atoms with Crippen molar-refractivity contribution >= 4 is 23.4 Å². The lowest BCUT2D eigenvalue weighted by Gasteiger charge is -2.29. The molecule has 2 aromatic carbocycles. The minimum Gasteiger partial charge on any atom is -0.508 e. The van der Waals surface area contributed by atoms with Gasteiger partial charge in [-0.25, -0.2) is 0 Å². The van der Waals surface area contributed by atoms with E-state index in [4.69, 9.17) is 0 Å². The molecule has 1 N–H and O–H groups in total. The van der Waals surface area contributed by atoms with E-state index >= 15 is 0 Å². The highest BCUT2D eigenvalue weighted by molar-refractivity contribution is 8.00. The fraction of sp³-hybridized carbons (Fsp3) is 0.235. The summed E-state index contributed by atoms with van der Waals surface area (Å²) in [7, 11) is 0. The van der Waals surface area contributed by atoms with Gasteiger partial charge in [-0.15, -0.1) is 11.8 Å². The Bertz CT molecular complexity index is 657. The molecule has 1 aliphatic heterocycles. The maximum atomic E-state index is 12.5. The van der Waals surface area contributed by atoms with E-state index in [1.54, 1.807) is 18.2 Å². The fourth-order valence-electron chi connectivity index (χ4n) is 2.59. The minimum absolute atomic E-state index is 0.121. The van der Waals surface area contributed by atoms with E-state index in [0.29, 0.717) is 5.75 Å². The van der Waals surface area contributed by atoms with Crippen LogP contribution in [-0.4, -0.2) is 23.3 Å². The number of hydrogen-bond donors (Lipinski definition) is 1. The maximum Gasteiger partial charge on any atom is 0.237 e. The van der Waals surface area contributed by atoms with Crippen LogP contribution in [0.2, 0.25) is 0 Å². The maximum absolute atomic E-state index is 12.5. The number of rotatable bonds is 3. The molecule has 0 radical (unpaired) electrons. The van der Waals surface area contributed by atoms with Gasteiger partial charge in [0.2, 0.25) is 5.91 Å². The van der Waals surface area contributed by atoms with Gasteiger partial charge in [-0.2, -0.15) is 0 Å². The summed E-state index contributed by atoms with van der Waals surface area (Å²) in [6.07, 6.45) is 2.05. The third kappa shape index (κ3) is 3.22. The van der Waals surface area contributed by atoms with Crippen molar-refractivity contribution in [2.24, 2.45) is 0 Å². The highest BCUT2D eigenvalue weighted by Crippen LogP contribution is 2.28. The number of thioether (sulfide) groups is 1. The molecule has 2 aromatic rings. The fourth-order valence-corrected chi connectivity index (χ4v) is 3.41. The van der Waals surface area contributed by atoms with E-state index < -0.39 is 0 Å². The topological polar surface area (TPSA) is 40.5 Å². The van der Waals surface area contributed by atoms with Crippen molar-refractivity contribution in [3.63, 3.8) is 0 Å². The van der Waals surface area contributed by atoms with Gasteiger partial charge in [0.25, 0.3) is 0 Å². The number of fused-ring (bicyclic) bond motifs is 1. The second-order valence-corrected chi connectivity index (χ2v) is 6.11. The molecule has 1 heterocycles. The van der Waals surface area contributed by atoms with Crippen LogP contribution in [0.5, 0.6) is 5.75 Å². The summed E-state index contributed by atoms with van der Waals surface area (Å²) in [5.41, 5.74) is 2.30. The van der Waals surface area contributed by atoms with Crippen LogP contribution in [0.15, 0.2) is 53.4 Å². The Hall–Kier alpha value is -1.94. The lowest BCUT2D eigenvalue weighted by atomic mass is 10.0. The number of phenolic OH excluding ortho intramolecular Hbond substituents is 1. The number of phenols is 1. The van der Waals surface area contributed by atoms with E-state index in [2.05, 4.69) is 6.07 Å².